The molecule has 0 saturated carbocycles. The molecule has 0 unspecified atom stereocenters. The molecular formula is C24H18ClF3N2O4S2. The molecule has 0 bridgehead atoms. The zero-order chi connectivity index (χ0) is 26.3. The Labute approximate surface area is 219 Å². The van der Waals surface area contributed by atoms with Gasteiger partial charge in [-0.05, 0) is 29.8 Å². The number of rotatable bonds is 8. The number of carbonyl (C=O) groups excluding carboxylic acids is 3. The standard InChI is InChI=1S/C24H18ClF3N2O4S2/c25-17-10-9-16(24(26,27)28)13-18(17)29-20(31)14-34-21(32)11-12-30-22(33)19(36-23(30)35)8-4-7-15-5-2-1-3-6-15/h1-10,13H,11-12,14H2,(H,29,31). The third-order valence-corrected chi connectivity index (χ3v) is 6.41. The summed E-state index contributed by atoms with van der Waals surface area (Å²) >= 11 is 12.1. The number of ether oxygens (including phenoxy) is 1. The molecule has 0 atom stereocenters. The number of alkyl halides is 3. The van der Waals surface area contributed by atoms with E-state index in [4.69, 9.17) is 28.6 Å². The summed E-state index contributed by atoms with van der Waals surface area (Å²) in [5.41, 5.74) is -0.295. The normalized spacial score (nSPS) is 15.1. The maximum atomic E-state index is 12.8. The summed E-state index contributed by atoms with van der Waals surface area (Å²) in [6.45, 7) is -0.793. The fourth-order valence-electron chi connectivity index (χ4n) is 2.92. The highest BCUT2D eigenvalue weighted by atomic mass is 35.5. The lowest BCUT2D eigenvalue weighted by atomic mass is 10.2. The van der Waals surface area contributed by atoms with Crippen LogP contribution in [0.25, 0.3) is 6.08 Å². The van der Waals surface area contributed by atoms with Gasteiger partial charge in [0, 0.05) is 6.54 Å². The van der Waals surface area contributed by atoms with Crippen LogP contribution >= 0.6 is 35.6 Å². The highest BCUT2D eigenvalue weighted by Gasteiger charge is 2.32. The van der Waals surface area contributed by atoms with Crippen LogP contribution in [0.5, 0.6) is 0 Å². The second-order valence-electron chi connectivity index (χ2n) is 7.28. The fourth-order valence-corrected chi connectivity index (χ4v) is 4.35. The number of carbonyl (C=O) groups is 3. The van der Waals surface area contributed by atoms with E-state index in [2.05, 4.69) is 5.32 Å². The summed E-state index contributed by atoms with van der Waals surface area (Å²) in [5.74, 6) is -2.02. The van der Waals surface area contributed by atoms with Crippen LogP contribution in [0.4, 0.5) is 18.9 Å². The largest absolute Gasteiger partial charge is 0.456 e. The third kappa shape index (κ3) is 7.67. The summed E-state index contributed by atoms with van der Waals surface area (Å²) in [7, 11) is 0. The molecule has 1 aliphatic heterocycles. The first-order valence-corrected chi connectivity index (χ1v) is 11.9. The lowest BCUT2D eigenvalue weighted by Crippen LogP contribution is -2.31. The molecule has 3 rings (SSSR count). The minimum absolute atomic E-state index is 0.0513. The van der Waals surface area contributed by atoms with E-state index < -0.39 is 30.2 Å². The number of allylic oxidation sites excluding steroid dienone is 2. The molecule has 2 aromatic carbocycles. The molecule has 0 aliphatic carbocycles. The van der Waals surface area contributed by atoms with Crippen LogP contribution < -0.4 is 5.32 Å². The van der Waals surface area contributed by atoms with E-state index in [1.807, 2.05) is 36.4 Å². The first kappa shape index (κ1) is 27.4. The monoisotopic (exact) mass is 554 g/mol. The first-order chi connectivity index (χ1) is 17.0. The van der Waals surface area contributed by atoms with Crippen LogP contribution in [0, 0.1) is 0 Å². The van der Waals surface area contributed by atoms with Gasteiger partial charge in [-0.2, -0.15) is 13.2 Å². The molecule has 0 spiro atoms. The molecule has 36 heavy (non-hydrogen) atoms. The summed E-state index contributed by atoms with van der Waals surface area (Å²) in [5, 5.41) is 2.07. The molecule has 0 aromatic heterocycles. The second-order valence-corrected chi connectivity index (χ2v) is 9.36. The van der Waals surface area contributed by atoms with Crippen molar-refractivity contribution in [2.45, 2.75) is 12.6 Å². The quantitative estimate of drug-likeness (QED) is 0.257. The van der Waals surface area contributed by atoms with Gasteiger partial charge in [0.25, 0.3) is 11.8 Å². The number of halogens is 4. The Balaban J connectivity index is 1.47. The molecule has 2 aromatic rings. The summed E-state index contributed by atoms with van der Waals surface area (Å²) < 4.78 is 43.7. The predicted octanol–water partition coefficient (Wildman–Crippen LogP) is 5.69. The van der Waals surface area contributed by atoms with E-state index in [-0.39, 0.29) is 33.9 Å². The van der Waals surface area contributed by atoms with E-state index in [0.29, 0.717) is 11.0 Å². The zero-order valence-electron chi connectivity index (χ0n) is 18.4. The van der Waals surface area contributed by atoms with Gasteiger partial charge in [-0.1, -0.05) is 78.1 Å². The van der Waals surface area contributed by atoms with Gasteiger partial charge >= 0.3 is 12.1 Å². The number of amides is 2. The number of nitrogens with one attached hydrogen (secondary N) is 1. The van der Waals surface area contributed by atoms with Gasteiger partial charge in [0.15, 0.2) is 6.61 Å². The predicted molar refractivity (Wildman–Crippen MR) is 136 cm³/mol. The molecule has 6 nitrogen and oxygen atoms in total. The van der Waals surface area contributed by atoms with Gasteiger partial charge in [-0.25, -0.2) is 0 Å². The Morgan fingerprint density at radius 3 is 2.58 bits per heavy atom. The molecule has 2 amide bonds. The number of nitrogens with zero attached hydrogens (tertiary/aromatic N) is 1. The number of anilines is 1. The van der Waals surface area contributed by atoms with Gasteiger partial charge in [-0.15, -0.1) is 0 Å². The van der Waals surface area contributed by atoms with Gasteiger partial charge in [0.05, 0.1) is 27.6 Å². The molecule has 1 fully saturated rings. The van der Waals surface area contributed by atoms with Gasteiger partial charge in [-0.3, -0.25) is 19.3 Å². The van der Waals surface area contributed by atoms with E-state index in [9.17, 15) is 27.6 Å². The van der Waals surface area contributed by atoms with Crippen molar-refractivity contribution in [3.8, 4) is 0 Å². The van der Waals surface area contributed by atoms with Crippen molar-refractivity contribution in [2.75, 3.05) is 18.5 Å². The Morgan fingerprint density at radius 1 is 1.17 bits per heavy atom. The molecule has 188 valence electrons. The lowest BCUT2D eigenvalue weighted by molar-refractivity contribution is -0.147. The molecule has 1 aliphatic rings. The Morgan fingerprint density at radius 2 is 1.89 bits per heavy atom. The number of hydrogen-bond donors (Lipinski definition) is 1. The minimum Gasteiger partial charge on any atom is -0.456 e. The summed E-state index contributed by atoms with van der Waals surface area (Å²) in [6, 6.07) is 12.0. The van der Waals surface area contributed by atoms with Crippen LogP contribution in [0.1, 0.15) is 17.5 Å². The highest BCUT2D eigenvalue weighted by Crippen LogP contribution is 2.34. The molecule has 1 heterocycles. The first-order valence-electron chi connectivity index (χ1n) is 10.3. The molecule has 1 N–H and O–H groups in total. The van der Waals surface area contributed by atoms with Crippen molar-refractivity contribution in [3.05, 3.63) is 81.7 Å². The minimum atomic E-state index is -4.62. The molecule has 12 heteroatoms. The van der Waals surface area contributed by atoms with Crippen LogP contribution in [0.2, 0.25) is 5.02 Å². The number of benzene rings is 2. The van der Waals surface area contributed by atoms with Crippen molar-refractivity contribution in [3.63, 3.8) is 0 Å². The molecule has 0 radical (unpaired) electrons. The molecular weight excluding hydrogens is 537 g/mol. The number of esters is 1. The number of thioether (sulfide) groups is 1. The molecule has 1 saturated heterocycles. The van der Waals surface area contributed by atoms with Crippen LogP contribution in [0.15, 0.2) is 65.6 Å². The van der Waals surface area contributed by atoms with Crippen molar-refractivity contribution < 1.29 is 32.3 Å². The average molecular weight is 555 g/mol. The lowest BCUT2D eigenvalue weighted by Gasteiger charge is -2.14. The number of thiocarbonyl (C=S) groups is 1. The Kier molecular flexibility index (Phi) is 9.30. The van der Waals surface area contributed by atoms with Crippen molar-refractivity contribution >= 4 is 69.4 Å². The number of hydrogen-bond acceptors (Lipinski definition) is 6. The third-order valence-electron chi connectivity index (χ3n) is 4.68. The van der Waals surface area contributed by atoms with Gasteiger partial charge in [0.1, 0.15) is 4.32 Å². The Bertz CT molecular complexity index is 1230. The summed E-state index contributed by atoms with van der Waals surface area (Å²) in [6.07, 6.45) is 0.341. The SMILES string of the molecule is O=C(COC(=O)CCN1C(=O)C(=CC=Cc2ccccc2)SC1=S)Nc1cc(C(F)(F)F)ccc1Cl. The summed E-state index contributed by atoms with van der Waals surface area (Å²) in [4.78, 5) is 38.3. The van der Waals surface area contributed by atoms with Crippen molar-refractivity contribution in [2.24, 2.45) is 0 Å². The van der Waals surface area contributed by atoms with Crippen LogP contribution in [-0.4, -0.2) is 40.2 Å². The maximum Gasteiger partial charge on any atom is 0.416 e. The zero-order valence-corrected chi connectivity index (χ0v) is 20.8. The smallest absolute Gasteiger partial charge is 0.416 e. The average Bonchev–Trinajstić information content (AvgIpc) is 3.10. The maximum absolute atomic E-state index is 12.8. The van der Waals surface area contributed by atoms with E-state index >= 15 is 0 Å². The van der Waals surface area contributed by atoms with Crippen LogP contribution in [-0.2, 0) is 25.3 Å². The topological polar surface area (TPSA) is 75.7 Å². The van der Waals surface area contributed by atoms with Crippen molar-refractivity contribution in [1.29, 1.82) is 0 Å². The van der Waals surface area contributed by atoms with E-state index in [1.54, 1.807) is 12.2 Å². The van der Waals surface area contributed by atoms with Crippen molar-refractivity contribution in [1.82, 2.24) is 4.90 Å². The van der Waals surface area contributed by atoms with E-state index in [1.165, 1.54) is 4.90 Å². The fraction of sp³-hybridized carbons (Fsp3) is 0.167. The van der Waals surface area contributed by atoms with Gasteiger partial charge < -0.3 is 10.1 Å². The highest BCUT2D eigenvalue weighted by molar-refractivity contribution is 8.26. The second kappa shape index (κ2) is 12.2. The van der Waals surface area contributed by atoms with E-state index in [0.717, 1.165) is 29.5 Å². The van der Waals surface area contributed by atoms with Gasteiger partial charge in [0.2, 0.25) is 0 Å². The Hall–Kier alpha value is -3.15. The van der Waals surface area contributed by atoms with Crippen LogP contribution in [0.3, 0.4) is 0 Å².